The minimum absolute atomic E-state index is 0.0135. The lowest BCUT2D eigenvalue weighted by Crippen LogP contribution is -2.36. The molecule has 112 valence electrons. The Balaban J connectivity index is 2.29. The predicted molar refractivity (Wildman–Crippen MR) is 77.2 cm³/mol. The summed E-state index contributed by atoms with van der Waals surface area (Å²) >= 11 is 0. The second-order valence-corrected chi connectivity index (χ2v) is 5.20. The molecule has 7 heteroatoms. The van der Waals surface area contributed by atoms with Gasteiger partial charge in [-0.2, -0.15) is 0 Å². The number of nitro groups is 1. The first-order chi connectivity index (χ1) is 9.90. The van der Waals surface area contributed by atoms with Gasteiger partial charge in [-0.15, -0.1) is 0 Å². The van der Waals surface area contributed by atoms with E-state index in [1.807, 2.05) is 4.90 Å². The summed E-state index contributed by atoms with van der Waals surface area (Å²) in [6.07, 6.45) is 1.32. The molecule has 0 aromatic heterocycles. The number of carbonyl (C=O) groups excluding carboxylic acids is 2. The normalized spacial score (nSPS) is 15.8. The number of rotatable bonds is 4. The summed E-state index contributed by atoms with van der Waals surface area (Å²) in [6.45, 7) is 2.66. The molecule has 0 unspecified atom stereocenters. The Hall–Kier alpha value is -2.44. The number of ketones is 1. The van der Waals surface area contributed by atoms with Crippen molar-refractivity contribution in [3.05, 3.63) is 33.9 Å². The summed E-state index contributed by atoms with van der Waals surface area (Å²) < 4.78 is 0. The number of nitrogens with zero attached hydrogens (tertiary/aromatic N) is 2. The summed E-state index contributed by atoms with van der Waals surface area (Å²) in [5.74, 6) is -0.459. The molecule has 1 fully saturated rings. The van der Waals surface area contributed by atoms with Crippen LogP contribution < -0.4 is 10.6 Å². The Morgan fingerprint density at radius 2 is 1.95 bits per heavy atom. The molecule has 0 atom stereocenters. The van der Waals surface area contributed by atoms with Gasteiger partial charge in [0.15, 0.2) is 0 Å². The van der Waals surface area contributed by atoms with Gasteiger partial charge < -0.3 is 10.6 Å². The van der Waals surface area contributed by atoms with Crippen molar-refractivity contribution in [1.29, 1.82) is 0 Å². The van der Waals surface area contributed by atoms with Gasteiger partial charge >= 0.3 is 0 Å². The van der Waals surface area contributed by atoms with E-state index in [2.05, 4.69) is 0 Å². The second kappa shape index (κ2) is 5.90. The number of Topliss-reactive ketones (excluding diaryl/α,β-unsaturated/α-hetero) is 1. The SMILES string of the molecule is CC(=O)C1CCN(c2cc(C(N)=O)ccc2[N+](=O)[O-])CC1. The summed E-state index contributed by atoms with van der Waals surface area (Å²) in [7, 11) is 0. The van der Waals surface area contributed by atoms with Crippen LogP contribution >= 0.6 is 0 Å². The maximum absolute atomic E-state index is 11.4. The third-order valence-electron chi connectivity index (χ3n) is 3.87. The van der Waals surface area contributed by atoms with Crippen molar-refractivity contribution in [3.8, 4) is 0 Å². The summed E-state index contributed by atoms with van der Waals surface area (Å²) in [5, 5.41) is 11.1. The van der Waals surface area contributed by atoms with Crippen LogP contribution in [0.25, 0.3) is 0 Å². The van der Waals surface area contributed by atoms with E-state index in [-0.39, 0.29) is 23.0 Å². The molecule has 0 radical (unpaired) electrons. The summed E-state index contributed by atoms with van der Waals surface area (Å²) in [4.78, 5) is 35.1. The Morgan fingerprint density at radius 3 is 2.43 bits per heavy atom. The number of nitrogens with two attached hydrogens (primary N) is 1. The highest BCUT2D eigenvalue weighted by Crippen LogP contribution is 2.32. The van der Waals surface area contributed by atoms with Gasteiger partial charge in [0.25, 0.3) is 5.69 Å². The predicted octanol–water partition coefficient (Wildman–Crippen LogP) is 1.50. The van der Waals surface area contributed by atoms with Crippen molar-refractivity contribution in [3.63, 3.8) is 0 Å². The zero-order chi connectivity index (χ0) is 15.6. The first kappa shape index (κ1) is 15.0. The van der Waals surface area contributed by atoms with Crippen molar-refractivity contribution in [2.75, 3.05) is 18.0 Å². The highest BCUT2D eigenvalue weighted by atomic mass is 16.6. The van der Waals surface area contributed by atoms with Gasteiger partial charge in [-0.25, -0.2) is 0 Å². The summed E-state index contributed by atoms with van der Waals surface area (Å²) in [6, 6.07) is 4.10. The largest absolute Gasteiger partial charge is 0.366 e. The first-order valence-electron chi connectivity index (χ1n) is 6.73. The molecular formula is C14H17N3O4. The number of amides is 1. The Labute approximate surface area is 121 Å². The average Bonchev–Trinajstić information content (AvgIpc) is 2.46. The molecule has 0 saturated carbocycles. The molecule has 1 aromatic carbocycles. The van der Waals surface area contributed by atoms with Gasteiger partial charge in [0.05, 0.1) is 4.92 Å². The lowest BCUT2D eigenvalue weighted by Gasteiger charge is -2.32. The van der Waals surface area contributed by atoms with Crippen LogP contribution in [0.1, 0.15) is 30.1 Å². The number of hydrogen-bond acceptors (Lipinski definition) is 5. The fraction of sp³-hybridized carbons (Fsp3) is 0.429. The summed E-state index contributed by atoms with van der Waals surface area (Å²) in [5.41, 5.74) is 5.80. The van der Waals surface area contributed by atoms with Crippen LogP contribution in [0.4, 0.5) is 11.4 Å². The molecular weight excluding hydrogens is 274 g/mol. The van der Waals surface area contributed by atoms with Gasteiger partial charge in [0.1, 0.15) is 11.5 Å². The Kier molecular flexibility index (Phi) is 4.21. The molecule has 2 rings (SSSR count). The minimum atomic E-state index is -0.621. The smallest absolute Gasteiger partial charge is 0.292 e. The van der Waals surface area contributed by atoms with Gasteiger partial charge in [-0.3, -0.25) is 19.7 Å². The molecule has 21 heavy (non-hydrogen) atoms. The van der Waals surface area contributed by atoms with Crippen LogP contribution in [0.5, 0.6) is 0 Å². The van der Waals surface area contributed by atoms with Crippen LogP contribution in [0.3, 0.4) is 0 Å². The molecule has 1 saturated heterocycles. The third kappa shape index (κ3) is 3.18. The molecule has 1 amide bonds. The van der Waals surface area contributed by atoms with E-state index >= 15 is 0 Å². The number of benzene rings is 1. The van der Waals surface area contributed by atoms with Crippen molar-refractivity contribution in [2.24, 2.45) is 11.7 Å². The molecule has 0 aliphatic carbocycles. The van der Waals surface area contributed by atoms with E-state index in [9.17, 15) is 19.7 Å². The third-order valence-corrected chi connectivity index (χ3v) is 3.87. The molecule has 1 aromatic rings. The van der Waals surface area contributed by atoms with Gasteiger partial charge in [0.2, 0.25) is 5.91 Å². The highest BCUT2D eigenvalue weighted by Gasteiger charge is 2.27. The number of hydrogen-bond donors (Lipinski definition) is 1. The number of anilines is 1. The molecule has 7 nitrogen and oxygen atoms in total. The molecule has 1 aliphatic heterocycles. The van der Waals surface area contributed by atoms with E-state index < -0.39 is 10.8 Å². The lowest BCUT2D eigenvalue weighted by molar-refractivity contribution is -0.384. The van der Waals surface area contributed by atoms with Gasteiger partial charge in [0, 0.05) is 30.6 Å². The standard InChI is InChI=1S/C14H17N3O4/c1-9(18)10-4-6-16(7-5-10)13-8-11(14(15)19)2-3-12(13)17(20)21/h2-3,8,10H,4-7H2,1H3,(H2,15,19). The topological polar surface area (TPSA) is 107 Å². The Bertz CT molecular complexity index is 592. The van der Waals surface area contributed by atoms with Gasteiger partial charge in [-0.1, -0.05) is 0 Å². The number of primary amides is 1. The van der Waals surface area contributed by atoms with Crippen molar-refractivity contribution in [1.82, 2.24) is 0 Å². The van der Waals surface area contributed by atoms with Crippen molar-refractivity contribution in [2.45, 2.75) is 19.8 Å². The van der Waals surface area contributed by atoms with Crippen LogP contribution in [0, 0.1) is 16.0 Å². The van der Waals surface area contributed by atoms with Gasteiger partial charge in [-0.05, 0) is 31.9 Å². The van der Waals surface area contributed by atoms with Crippen LogP contribution in [-0.2, 0) is 4.79 Å². The second-order valence-electron chi connectivity index (χ2n) is 5.20. The van der Waals surface area contributed by atoms with E-state index in [1.54, 1.807) is 6.92 Å². The highest BCUT2D eigenvalue weighted by molar-refractivity contribution is 5.94. The van der Waals surface area contributed by atoms with Crippen LogP contribution in [-0.4, -0.2) is 29.7 Å². The first-order valence-corrected chi connectivity index (χ1v) is 6.73. The zero-order valence-corrected chi connectivity index (χ0v) is 11.7. The molecule has 1 aliphatic rings. The van der Waals surface area contributed by atoms with E-state index in [1.165, 1.54) is 18.2 Å². The average molecular weight is 291 g/mol. The van der Waals surface area contributed by atoms with Crippen molar-refractivity contribution >= 4 is 23.1 Å². The molecule has 2 N–H and O–H groups in total. The molecule has 0 spiro atoms. The fourth-order valence-electron chi connectivity index (χ4n) is 2.61. The van der Waals surface area contributed by atoms with Crippen LogP contribution in [0.15, 0.2) is 18.2 Å². The number of nitro benzene ring substituents is 1. The van der Waals surface area contributed by atoms with E-state index in [0.717, 1.165) is 0 Å². The zero-order valence-electron chi connectivity index (χ0n) is 11.7. The van der Waals surface area contributed by atoms with E-state index in [0.29, 0.717) is 31.6 Å². The Morgan fingerprint density at radius 1 is 1.33 bits per heavy atom. The van der Waals surface area contributed by atoms with Crippen molar-refractivity contribution < 1.29 is 14.5 Å². The maximum Gasteiger partial charge on any atom is 0.292 e. The fourth-order valence-corrected chi connectivity index (χ4v) is 2.61. The minimum Gasteiger partial charge on any atom is -0.366 e. The maximum atomic E-state index is 11.4. The number of carbonyl (C=O) groups is 2. The van der Waals surface area contributed by atoms with Crippen LogP contribution in [0.2, 0.25) is 0 Å². The molecule has 0 bridgehead atoms. The number of piperidine rings is 1. The monoisotopic (exact) mass is 291 g/mol. The van der Waals surface area contributed by atoms with E-state index in [4.69, 9.17) is 5.73 Å². The quantitative estimate of drug-likeness (QED) is 0.668. The lowest BCUT2D eigenvalue weighted by atomic mass is 9.93. The molecule has 1 heterocycles.